The Hall–Kier alpha value is -1.83. The number of hydrogen-bond acceptors (Lipinski definition) is 1. The van der Waals surface area contributed by atoms with Crippen LogP contribution in [0.1, 0.15) is 12.5 Å². The Morgan fingerprint density at radius 1 is 1.00 bits per heavy atom. The lowest BCUT2D eigenvalue weighted by Crippen LogP contribution is -1.89. The molecule has 0 aliphatic rings. The highest BCUT2D eigenvalue weighted by Crippen LogP contribution is 2.26. The maximum atomic E-state index is 13.3. The summed E-state index contributed by atoms with van der Waals surface area (Å²) in [6.07, 6.45) is 1.02. The SMILES string of the molecule is CCc1ccc(-c2ccc(F)c(OC)c2)cc1. The molecule has 0 unspecified atom stereocenters. The summed E-state index contributed by atoms with van der Waals surface area (Å²) in [7, 11) is 1.47. The molecule has 0 heterocycles. The van der Waals surface area contributed by atoms with Crippen molar-refractivity contribution in [3.8, 4) is 16.9 Å². The summed E-state index contributed by atoms with van der Waals surface area (Å²) >= 11 is 0. The number of aryl methyl sites for hydroxylation is 1. The van der Waals surface area contributed by atoms with Gasteiger partial charge >= 0.3 is 0 Å². The molecule has 2 aromatic rings. The van der Waals surface area contributed by atoms with Crippen molar-refractivity contribution in [1.82, 2.24) is 0 Å². The minimum atomic E-state index is -0.332. The van der Waals surface area contributed by atoms with E-state index in [9.17, 15) is 4.39 Å². The molecular weight excluding hydrogens is 215 g/mol. The minimum absolute atomic E-state index is 0.280. The van der Waals surface area contributed by atoms with E-state index in [1.807, 2.05) is 12.1 Å². The Morgan fingerprint density at radius 2 is 1.65 bits per heavy atom. The van der Waals surface area contributed by atoms with Gasteiger partial charge in [-0.3, -0.25) is 0 Å². The molecular formula is C15H15FO. The van der Waals surface area contributed by atoms with Gasteiger partial charge in [0.25, 0.3) is 0 Å². The van der Waals surface area contributed by atoms with Crippen LogP contribution in [0.5, 0.6) is 5.75 Å². The number of benzene rings is 2. The van der Waals surface area contributed by atoms with Gasteiger partial charge in [0.2, 0.25) is 0 Å². The number of ether oxygens (including phenoxy) is 1. The largest absolute Gasteiger partial charge is 0.494 e. The second kappa shape index (κ2) is 5.00. The quantitative estimate of drug-likeness (QED) is 0.772. The molecule has 88 valence electrons. The molecule has 1 nitrogen and oxygen atoms in total. The maximum absolute atomic E-state index is 13.3. The minimum Gasteiger partial charge on any atom is -0.494 e. The third-order valence-electron chi connectivity index (χ3n) is 2.85. The molecule has 0 amide bonds. The molecule has 2 aromatic carbocycles. The van der Waals surface area contributed by atoms with Gasteiger partial charge < -0.3 is 4.74 Å². The number of halogens is 1. The highest BCUT2D eigenvalue weighted by Gasteiger charge is 2.04. The van der Waals surface area contributed by atoms with E-state index in [-0.39, 0.29) is 11.6 Å². The van der Waals surface area contributed by atoms with Crippen LogP contribution in [0, 0.1) is 5.82 Å². The Balaban J connectivity index is 2.38. The van der Waals surface area contributed by atoms with Crippen molar-refractivity contribution in [3.63, 3.8) is 0 Å². The average Bonchev–Trinajstić information content (AvgIpc) is 2.39. The van der Waals surface area contributed by atoms with Gasteiger partial charge in [0.05, 0.1) is 7.11 Å². The number of hydrogen-bond donors (Lipinski definition) is 0. The Bertz CT molecular complexity index is 503. The summed E-state index contributed by atoms with van der Waals surface area (Å²) in [5.41, 5.74) is 3.33. The first-order valence-electron chi connectivity index (χ1n) is 5.67. The van der Waals surface area contributed by atoms with Gasteiger partial charge in [-0.15, -0.1) is 0 Å². The first-order chi connectivity index (χ1) is 8.24. The fourth-order valence-corrected chi connectivity index (χ4v) is 1.77. The van der Waals surface area contributed by atoms with E-state index in [0.29, 0.717) is 0 Å². The van der Waals surface area contributed by atoms with Gasteiger partial charge in [-0.25, -0.2) is 4.39 Å². The molecule has 0 atom stereocenters. The van der Waals surface area contributed by atoms with Crippen molar-refractivity contribution >= 4 is 0 Å². The van der Waals surface area contributed by atoms with E-state index in [1.165, 1.54) is 18.7 Å². The van der Waals surface area contributed by atoms with Crippen LogP contribution >= 0.6 is 0 Å². The molecule has 2 heteroatoms. The van der Waals surface area contributed by atoms with Crippen molar-refractivity contribution in [1.29, 1.82) is 0 Å². The van der Waals surface area contributed by atoms with Gasteiger partial charge in [-0.1, -0.05) is 37.3 Å². The van der Waals surface area contributed by atoms with Gasteiger partial charge in [0.1, 0.15) is 0 Å². The van der Waals surface area contributed by atoms with Crippen molar-refractivity contribution < 1.29 is 9.13 Å². The molecule has 0 saturated carbocycles. The van der Waals surface area contributed by atoms with E-state index < -0.39 is 0 Å². The van der Waals surface area contributed by atoms with Crippen molar-refractivity contribution in [2.24, 2.45) is 0 Å². The van der Waals surface area contributed by atoms with Crippen LogP contribution in [0.4, 0.5) is 4.39 Å². The monoisotopic (exact) mass is 230 g/mol. The lowest BCUT2D eigenvalue weighted by molar-refractivity contribution is 0.387. The molecule has 0 bridgehead atoms. The molecule has 0 aromatic heterocycles. The molecule has 0 saturated heterocycles. The topological polar surface area (TPSA) is 9.23 Å². The first kappa shape index (κ1) is 11.6. The fourth-order valence-electron chi connectivity index (χ4n) is 1.77. The smallest absolute Gasteiger partial charge is 0.165 e. The summed E-state index contributed by atoms with van der Waals surface area (Å²) in [4.78, 5) is 0. The van der Waals surface area contributed by atoms with Crippen LogP contribution in [-0.2, 0) is 6.42 Å². The van der Waals surface area contributed by atoms with Crippen LogP contribution in [0.25, 0.3) is 11.1 Å². The Kier molecular flexibility index (Phi) is 3.43. The second-order valence-corrected chi connectivity index (χ2v) is 3.90. The molecule has 0 spiro atoms. The predicted molar refractivity (Wildman–Crippen MR) is 67.8 cm³/mol. The van der Waals surface area contributed by atoms with Gasteiger partial charge in [-0.05, 0) is 35.2 Å². The molecule has 17 heavy (non-hydrogen) atoms. The summed E-state index contributed by atoms with van der Waals surface area (Å²) in [6.45, 7) is 2.12. The molecule has 0 fully saturated rings. The van der Waals surface area contributed by atoms with Crippen molar-refractivity contribution in [3.05, 3.63) is 53.8 Å². The van der Waals surface area contributed by atoms with Crippen LogP contribution in [0.2, 0.25) is 0 Å². The van der Waals surface area contributed by atoms with E-state index in [1.54, 1.807) is 12.1 Å². The van der Waals surface area contributed by atoms with Crippen LogP contribution in [-0.4, -0.2) is 7.11 Å². The van der Waals surface area contributed by atoms with Gasteiger partial charge in [0.15, 0.2) is 11.6 Å². The lowest BCUT2D eigenvalue weighted by atomic mass is 10.0. The average molecular weight is 230 g/mol. The standard InChI is InChI=1S/C15H15FO/c1-3-11-4-6-12(7-5-11)13-8-9-14(16)15(10-13)17-2/h4-10H,3H2,1-2H3. The summed E-state index contributed by atoms with van der Waals surface area (Å²) in [5.74, 6) is -0.0523. The van der Waals surface area contributed by atoms with Crippen LogP contribution in [0.3, 0.4) is 0 Å². The van der Waals surface area contributed by atoms with E-state index in [2.05, 4.69) is 19.1 Å². The normalized spacial score (nSPS) is 10.3. The van der Waals surface area contributed by atoms with Crippen molar-refractivity contribution in [2.75, 3.05) is 7.11 Å². The fraction of sp³-hybridized carbons (Fsp3) is 0.200. The second-order valence-electron chi connectivity index (χ2n) is 3.90. The summed E-state index contributed by atoms with van der Waals surface area (Å²) < 4.78 is 18.3. The summed E-state index contributed by atoms with van der Waals surface area (Å²) in [5, 5.41) is 0. The van der Waals surface area contributed by atoms with Crippen LogP contribution in [0.15, 0.2) is 42.5 Å². The number of rotatable bonds is 3. The molecule has 0 aliphatic carbocycles. The van der Waals surface area contributed by atoms with Crippen molar-refractivity contribution in [2.45, 2.75) is 13.3 Å². The zero-order valence-electron chi connectivity index (χ0n) is 10.0. The lowest BCUT2D eigenvalue weighted by Gasteiger charge is -2.06. The van der Waals surface area contributed by atoms with E-state index >= 15 is 0 Å². The zero-order chi connectivity index (χ0) is 12.3. The van der Waals surface area contributed by atoms with Crippen LogP contribution < -0.4 is 4.74 Å². The Labute approximate surface area is 101 Å². The molecule has 0 radical (unpaired) electrons. The van der Waals surface area contributed by atoms with E-state index in [4.69, 9.17) is 4.74 Å². The zero-order valence-corrected chi connectivity index (χ0v) is 10.0. The highest BCUT2D eigenvalue weighted by atomic mass is 19.1. The Morgan fingerprint density at radius 3 is 2.24 bits per heavy atom. The summed E-state index contributed by atoms with van der Waals surface area (Å²) in [6, 6.07) is 13.2. The third-order valence-corrected chi connectivity index (χ3v) is 2.85. The molecule has 0 aliphatic heterocycles. The van der Waals surface area contributed by atoms with Gasteiger partial charge in [-0.2, -0.15) is 0 Å². The third kappa shape index (κ3) is 2.47. The molecule has 2 rings (SSSR count). The highest BCUT2D eigenvalue weighted by molar-refractivity contribution is 5.65. The molecule has 0 N–H and O–H groups in total. The van der Waals surface area contributed by atoms with E-state index in [0.717, 1.165) is 17.5 Å². The number of methoxy groups -OCH3 is 1. The maximum Gasteiger partial charge on any atom is 0.165 e. The van der Waals surface area contributed by atoms with Gasteiger partial charge in [0, 0.05) is 0 Å². The first-order valence-corrected chi connectivity index (χ1v) is 5.67. The predicted octanol–water partition coefficient (Wildman–Crippen LogP) is 4.06.